The molecular weight excluding hydrogens is 394 g/mol. The van der Waals surface area contributed by atoms with Gasteiger partial charge >= 0.3 is 0 Å². The Bertz CT molecular complexity index is 925. The average Bonchev–Trinajstić information content (AvgIpc) is 3.27. The molecule has 3 aliphatic heterocycles. The number of aliphatic imine (C=N–C) groups is 1. The molecule has 1 saturated carbocycles. The minimum absolute atomic E-state index is 0.154. The molecule has 0 bridgehead atoms. The van der Waals surface area contributed by atoms with Gasteiger partial charge in [-0.3, -0.25) is 9.89 Å². The first-order chi connectivity index (χ1) is 13.9. The molecule has 10 heteroatoms. The van der Waals surface area contributed by atoms with Crippen LogP contribution in [0.1, 0.15) is 19.3 Å². The number of aliphatic hydroxyl groups is 1. The zero-order valence-corrected chi connectivity index (χ0v) is 17.4. The summed E-state index contributed by atoms with van der Waals surface area (Å²) in [5, 5.41) is 9.83. The first-order valence-electron chi connectivity index (χ1n) is 10.2. The lowest BCUT2D eigenvalue weighted by atomic mass is 9.91. The minimum atomic E-state index is -3.75. The van der Waals surface area contributed by atoms with E-state index in [1.807, 2.05) is 0 Å². The van der Waals surface area contributed by atoms with Crippen molar-refractivity contribution in [1.82, 2.24) is 14.1 Å². The molecule has 1 saturated heterocycles. The Balaban J connectivity index is 1.33. The summed E-state index contributed by atoms with van der Waals surface area (Å²) in [7, 11) is -2.06. The van der Waals surface area contributed by atoms with E-state index < -0.39 is 16.4 Å². The van der Waals surface area contributed by atoms with Gasteiger partial charge in [-0.1, -0.05) is 6.42 Å². The maximum Gasteiger partial charge on any atom is 0.281 e. The van der Waals surface area contributed by atoms with Gasteiger partial charge in [0.25, 0.3) is 16.4 Å². The normalized spacial score (nSPS) is 25.7. The summed E-state index contributed by atoms with van der Waals surface area (Å²) in [4.78, 5) is 10.9. The fourth-order valence-corrected chi connectivity index (χ4v) is 5.88. The summed E-state index contributed by atoms with van der Waals surface area (Å²) in [5.41, 5.74) is 0.666. The lowest BCUT2D eigenvalue weighted by Gasteiger charge is -2.44. The van der Waals surface area contributed by atoms with Crippen LogP contribution in [0.25, 0.3) is 0 Å². The van der Waals surface area contributed by atoms with Crippen molar-refractivity contribution in [3.05, 3.63) is 18.2 Å². The van der Waals surface area contributed by atoms with E-state index in [-0.39, 0.29) is 4.90 Å². The maximum absolute atomic E-state index is 13.4. The molecule has 0 aromatic heterocycles. The molecule has 0 amide bonds. The Kier molecular flexibility index (Phi) is 4.60. The average molecular weight is 422 g/mol. The molecule has 5 rings (SSSR count). The summed E-state index contributed by atoms with van der Waals surface area (Å²) < 4.78 is 33.5. The molecule has 2 fully saturated rings. The molecule has 29 heavy (non-hydrogen) atoms. The van der Waals surface area contributed by atoms with Gasteiger partial charge in [-0.2, -0.15) is 0 Å². The molecule has 1 aromatic carbocycles. The monoisotopic (exact) mass is 421 g/mol. The van der Waals surface area contributed by atoms with Gasteiger partial charge in [-0.05, 0) is 25.0 Å². The van der Waals surface area contributed by atoms with Gasteiger partial charge < -0.3 is 19.6 Å². The number of nitrogens with zero attached hydrogens (tertiary/aromatic N) is 5. The maximum atomic E-state index is 13.4. The van der Waals surface area contributed by atoms with Crippen LogP contribution in [0.4, 0.5) is 5.69 Å². The molecule has 158 valence electrons. The Morgan fingerprint density at radius 1 is 1.14 bits per heavy atom. The first kappa shape index (κ1) is 19.0. The Hall–Kier alpha value is -2.04. The minimum Gasteiger partial charge on any atom is -0.444 e. The fraction of sp³-hybridized carbons (Fsp3) is 0.632. The highest BCUT2D eigenvalue weighted by Crippen LogP contribution is 2.38. The summed E-state index contributed by atoms with van der Waals surface area (Å²) in [5.74, 6) is 0.921. The van der Waals surface area contributed by atoms with Crippen LogP contribution in [0.5, 0.6) is 5.75 Å². The van der Waals surface area contributed by atoms with Crippen molar-refractivity contribution < 1.29 is 18.3 Å². The van der Waals surface area contributed by atoms with Crippen LogP contribution in [0.2, 0.25) is 0 Å². The number of fused-ring (bicyclic) bond motifs is 1. The molecular formula is C19H27N5O4S. The Morgan fingerprint density at radius 2 is 1.90 bits per heavy atom. The van der Waals surface area contributed by atoms with Crippen LogP contribution in [-0.2, 0) is 10.0 Å². The van der Waals surface area contributed by atoms with Gasteiger partial charge in [0.1, 0.15) is 5.75 Å². The second-order valence-corrected chi connectivity index (χ2v) is 9.91. The smallest absolute Gasteiger partial charge is 0.281 e. The lowest BCUT2D eigenvalue weighted by Crippen LogP contribution is -2.56. The topological polar surface area (TPSA) is 88.9 Å². The van der Waals surface area contributed by atoms with Crippen LogP contribution < -0.4 is 9.64 Å². The molecule has 4 aliphatic rings. The van der Waals surface area contributed by atoms with Crippen molar-refractivity contribution in [3.63, 3.8) is 0 Å². The van der Waals surface area contributed by atoms with Gasteiger partial charge in [-0.25, -0.2) is 12.7 Å². The van der Waals surface area contributed by atoms with Crippen molar-refractivity contribution in [2.45, 2.75) is 36.6 Å². The van der Waals surface area contributed by atoms with Crippen LogP contribution in [0.15, 0.2) is 28.1 Å². The Morgan fingerprint density at radius 3 is 2.59 bits per heavy atom. The van der Waals surface area contributed by atoms with E-state index in [4.69, 9.17) is 4.74 Å². The SMILES string of the molecule is CN1c2ccc(S(=O)(=O)N3CCN=C3N3CCN(C4CCC4)CC3)cc2OC1O. The zero-order chi connectivity index (χ0) is 20.2. The number of aliphatic hydroxyl groups excluding tert-OH is 1. The van der Waals surface area contributed by atoms with E-state index in [2.05, 4.69) is 14.8 Å². The fourth-order valence-electron chi connectivity index (χ4n) is 4.42. The van der Waals surface area contributed by atoms with Gasteiger partial charge in [0, 0.05) is 45.3 Å². The largest absolute Gasteiger partial charge is 0.444 e. The molecule has 0 radical (unpaired) electrons. The van der Waals surface area contributed by atoms with E-state index in [0.717, 1.165) is 26.2 Å². The number of sulfonamides is 1. The predicted octanol–water partition coefficient (Wildman–Crippen LogP) is 0.322. The quantitative estimate of drug-likeness (QED) is 0.752. The third kappa shape index (κ3) is 3.13. The van der Waals surface area contributed by atoms with E-state index in [9.17, 15) is 13.5 Å². The number of rotatable bonds is 3. The van der Waals surface area contributed by atoms with Crippen LogP contribution >= 0.6 is 0 Å². The number of hydrogen-bond donors (Lipinski definition) is 1. The highest BCUT2D eigenvalue weighted by Gasteiger charge is 2.37. The van der Waals surface area contributed by atoms with Gasteiger partial charge in [0.15, 0.2) is 0 Å². The van der Waals surface area contributed by atoms with Crippen molar-refractivity contribution in [2.24, 2.45) is 4.99 Å². The number of piperazine rings is 1. The highest BCUT2D eigenvalue weighted by atomic mass is 32.2. The van der Waals surface area contributed by atoms with Crippen LogP contribution in [-0.4, -0.2) is 92.4 Å². The third-order valence-electron chi connectivity index (χ3n) is 6.43. The van der Waals surface area contributed by atoms with Crippen molar-refractivity contribution in [2.75, 3.05) is 51.2 Å². The summed E-state index contributed by atoms with van der Waals surface area (Å²) in [6.07, 6.45) is 2.79. The van der Waals surface area contributed by atoms with Gasteiger partial charge in [0.2, 0.25) is 5.96 Å². The highest BCUT2D eigenvalue weighted by molar-refractivity contribution is 7.89. The summed E-state index contributed by atoms with van der Waals surface area (Å²) in [6, 6.07) is 5.43. The predicted molar refractivity (Wildman–Crippen MR) is 108 cm³/mol. The molecule has 1 atom stereocenters. The van der Waals surface area contributed by atoms with Crippen molar-refractivity contribution >= 4 is 21.7 Å². The number of benzene rings is 1. The van der Waals surface area contributed by atoms with Crippen LogP contribution in [0, 0.1) is 0 Å². The standard InChI is InChI=1S/C19H27N5O4S/c1-21-16-6-5-15(13-17(16)28-19(21)25)29(26,27)24-8-7-20-18(24)23-11-9-22(10-12-23)14-3-2-4-14/h5-6,13-14,19,25H,2-4,7-12H2,1H3. The molecule has 1 unspecified atom stereocenters. The zero-order valence-electron chi connectivity index (χ0n) is 16.6. The second-order valence-electron chi connectivity index (χ2n) is 8.05. The summed E-state index contributed by atoms with van der Waals surface area (Å²) in [6.45, 7) is 4.32. The number of anilines is 1. The molecule has 1 N–H and O–H groups in total. The Labute approximate surface area is 171 Å². The molecule has 3 heterocycles. The van der Waals surface area contributed by atoms with Crippen LogP contribution in [0.3, 0.4) is 0 Å². The van der Waals surface area contributed by atoms with Crippen molar-refractivity contribution in [3.8, 4) is 5.75 Å². The second kappa shape index (κ2) is 7.03. The summed E-state index contributed by atoms with van der Waals surface area (Å²) >= 11 is 0. The lowest BCUT2D eigenvalue weighted by molar-refractivity contribution is 0.000868. The molecule has 0 spiro atoms. The van der Waals surface area contributed by atoms with Gasteiger partial charge in [0.05, 0.1) is 23.7 Å². The third-order valence-corrected chi connectivity index (χ3v) is 8.21. The van der Waals surface area contributed by atoms with E-state index in [1.165, 1.54) is 29.6 Å². The van der Waals surface area contributed by atoms with Gasteiger partial charge in [-0.15, -0.1) is 0 Å². The van der Waals surface area contributed by atoms with E-state index in [1.54, 1.807) is 24.1 Å². The van der Waals surface area contributed by atoms with E-state index in [0.29, 0.717) is 36.5 Å². The first-order valence-corrected chi connectivity index (χ1v) is 11.7. The molecule has 1 aliphatic carbocycles. The van der Waals surface area contributed by atoms with Crippen molar-refractivity contribution in [1.29, 1.82) is 0 Å². The number of hydrogen-bond acceptors (Lipinski definition) is 8. The molecule has 1 aromatic rings. The van der Waals surface area contributed by atoms with E-state index >= 15 is 0 Å². The molecule has 9 nitrogen and oxygen atoms in total. The number of ether oxygens (including phenoxy) is 1. The number of guanidine groups is 1.